The first-order valence-corrected chi connectivity index (χ1v) is 10.2. The van der Waals surface area contributed by atoms with Crippen LogP contribution in [0.3, 0.4) is 0 Å². The molecule has 0 bridgehead atoms. The van der Waals surface area contributed by atoms with Gasteiger partial charge in [0.25, 0.3) is 0 Å². The predicted molar refractivity (Wildman–Crippen MR) is 129 cm³/mol. The number of aliphatic hydroxyl groups excluding tert-OH is 1. The second-order valence-corrected chi connectivity index (χ2v) is 7.13. The molecule has 0 aliphatic heterocycles. The number of hydrogen-bond acceptors (Lipinski definition) is 5. The molecule has 1 aromatic heterocycles. The van der Waals surface area contributed by atoms with E-state index in [0.29, 0.717) is 24.2 Å². The number of halogens is 1. The SMILES string of the molecule is CCNC(=NCc1ccc(Oc2cccc(OC)c2)nc1)NC1CCC(O)CC1.I. The van der Waals surface area contributed by atoms with Gasteiger partial charge in [-0.05, 0) is 50.3 Å². The molecule has 2 aromatic rings. The van der Waals surface area contributed by atoms with Crippen LogP contribution in [-0.2, 0) is 6.54 Å². The van der Waals surface area contributed by atoms with Gasteiger partial charge in [-0.1, -0.05) is 12.1 Å². The number of guanidine groups is 1. The van der Waals surface area contributed by atoms with Crippen molar-refractivity contribution in [1.29, 1.82) is 0 Å². The topological polar surface area (TPSA) is 88.0 Å². The fraction of sp³-hybridized carbons (Fsp3) is 0.455. The maximum Gasteiger partial charge on any atom is 0.219 e. The van der Waals surface area contributed by atoms with Crippen LogP contribution in [0.4, 0.5) is 0 Å². The smallest absolute Gasteiger partial charge is 0.219 e. The van der Waals surface area contributed by atoms with Crippen molar-refractivity contribution in [1.82, 2.24) is 15.6 Å². The van der Waals surface area contributed by atoms with E-state index in [0.717, 1.165) is 49.5 Å². The van der Waals surface area contributed by atoms with Gasteiger partial charge in [0, 0.05) is 30.9 Å². The highest BCUT2D eigenvalue weighted by atomic mass is 127. The highest BCUT2D eigenvalue weighted by Crippen LogP contribution is 2.24. The molecule has 1 aliphatic rings. The molecule has 0 radical (unpaired) electrons. The zero-order valence-electron chi connectivity index (χ0n) is 17.5. The Kier molecular flexibility index (Phi) is 10.2. The van der Waals surface area contributed by atoms with Gasteiger partial charge in [-0.3, -0.25) is 0 Å². The highest BCUT2D eigenvalue weighted by molar-refractivity contribution is 14.0. The highest BCUT2D eigenvalue weighted by Gasteiger charge is 2.19. The van der Waals surface area contributed by atoms with Crippen molar-refractivity contribution in [3.05, 3.63) is 48.2 Å². The number of pyridine rings is 1. The summed E-state index contributed by atoms with van der Waals surface area (Å²) in [5.41, 5.74) is 0.999. The van der Waals surface area contributed by atoms with Crippen LogP contribution in [0.1, 0.15) is 38.2 Å². The molecule has 0 spiro atoms. The Morgan fingerprint density at radius 2 is 1.93 bits per heavy atom. The fourth-order valence-electron chi connectivity index (χ4n) is 3.25. The van der Waals surface area contributed by atoms with Crippen LogP contribution in [0.15, 0.2) is 47.6 Å². The average Bonchev–Trinajstić information content (AvgIpc) is 2.75. The monoisotopic (exact) mass is 526 g/mol. The van der Waals surface area contributed by atoms with Crippen molar-refractivity contribution < 1.29 is 14.6 Å². The molecule has 8 heteroatoms. The molecule has 1 heterocycles. The molecule has 0 atom stereocenters. The summed E-state index contributed by atoms with van der Waals surface area (Å²) in [6, 6.07) is 11.6. The number of nitrogens with one attached hydrogen (secondary N) is 2. The summed E-state index contributed by atoms with van der Waals surface area (Å²) in [5.74, 6) is 2.74. The van der Waals surface area contributed by atoms with Gasteiger partial charge >= 0.3 is 0 Å². The molecule has 1 aromatic carbocycles. The summed E-state index contributed by atoms with van der Waals surface area (Å²) >= 11 is 0. The number of aliphatic imine (C=N–C) groups is 1. The minimum absolute atomic E-state index is 0. The third-order valence-electron chi connectivity index (χ3n) is 4.86. The van der Waals surface area contributed by atoms with Crippen LogP contribution >= 0.6 is 24.0 Å². The number of rotatable bonds is 7. The molecular formula is C22H31IN4O3. The van der Waals surface area contributed by atoms with Crippen LogP contribution in [0, 0.1) is 0 Å². The first kappa shape index (κ1) is 24.2. The zero-order chi connectivity index (χ0) is 20.5. The number of methoxy groups -OCH3 is 1. The molecule has 0 saturated heterocycles. The lowest BCUT2D eigenvalue weighted by atomic mass is 9.93. The van der Waals surface area contributed by atoms with Gasteiger partial charge in [0.05, 0.1) is 19.8 Å². The van der Waals surface area contributed by atoms with Gasteiger partial charge in [-0.25, -0.2) is 9.98 Å². The summed E-state index contributed by atoms with van der Waals surface area (Å²) < 4.78 is 11.0. The van der Waals surface area contributed by atoms with Crippen molar-refractivity contribution in [3.8, 4) is 17.4 Å². The lowest BCUT2D eigenvalue weighted by molar-refractivity contribution is 0.120. The number of benzene rings is 1. The Balaban J connectivity index is 0.00000320. The van der Waals surface area contributed by atoms with Crippen molar-refractivity contribution in [2.75, 3.05) is 13.7 Å². The van der Waals surface area contributed by atoms with Gasteiger partial charge < -0.3 is 25.2 Å². The van der Waals surface area contributed by atoms with Crippen LogP contribution in [0.2, 0.25) is 0 Å². The largest absolute Gasteiger partial charge is 0.497 e. The molecular weight excluding hydrogens is 495 g/mol. The standard InChI is InChI=1S/C22H30N4O3.HI/c1-3-23-22(26-17-8-10-18(27)11-9-17)25-15-16-7-12-21(24-14-16)29-20-6-4-5-19(13-20)28-2;/h4-7,12-14,17-18,27H,3,8-11,15H2,1-2H3,(H2,23,25,26);1H. The van der Waals surface area contributed by atoms with E-state index in [1.54, 1.807) is 13.3 Å². The van der Waals surface area contributed by atoms with Crippen LogP contribution in [0.25, 0.3) is 0 Å². The van der Waals surface area contributed by atoms with Gasteiger partial charge in [0.2, 0.25) is 5.88 Å². The van der Waals surface area contributed by atoms with Crippen LogP contribution in [-0.4, -0.2) is 41.9 Å². The molecule has 1 saturated carbocycles. The van der Waals surface area contributed by atoms with E-state index in [1.807, 2.05) is 43.3 Å². The van der Waals surface area contributed by atoms with Crippen molar-refractivity contribution in [2.24, 2.45) is 4.99 Å². The molecule has 30 heavy (non-hydrogen) atoms. The predicted octanol–water partition coefficient (Wildman–Crippen LogP) is 3.86. The summed E-state index contributed by atoms with van der Waals surface area (Å²) in [4.78, 5) is 9.04. The molecule has 1 fully saturated rings. The normalized spacial score (nSPS) is 18.8. The molecule has 0 amide bonds. The maximum absolute atomic E-state index is 9.66. The van der Waals surface area contributed by atoms with E-state index < -0.39 is 0 Å². The molecule has 3 N–H and O–H groups in total. The Labute approximate surface area is 195 Å². The van der Waals surface area contributed by atoms with Crippen molar-refractivity contribution in [3.63, 3.8) is 0 Å². The Morgan fingerprint density at radius 3 is 2.60 bits per heavy atom. The van der Waals surface area contributed by atoms with E-state index >= 15 is 0 Å². The third-order valence-corrected chi connectivity index (χ3v) is 4.86. The van der Waals surface area contributed by atoms with E-state index in [2.05, 4.69) is 20.6 Å². The Morgan fingerprint density at radius 1 is 1.17 bits per heavy atom. The van der Waals surface area contributed by atoms with E-state index in [9.17, 15) is 5.11 Å². The molecule has 164 valence electrons. The number of aliphatic hydroxyl groups is 1. The third kappa shape index (κ3) is 7.64. The summed E-state index contributed by atoms with van der Waals surface area (Å²) in [7, 11) is 1.63. The summed E-state index contributed by atoms with van der Waals surface area (Å²) in [5, 5.41) is 16.4. The average molecular weight is 526 g/mol. The van der Waals surface area contributed by atoms with Gasteiger partial charge in [0.1, 0.15) is 11.5 Å². The zero-order valence-corrected chi connectivity index (χ0v) is 19.8. The fourth-order valence-corrected chi connectivity index (χ4v) is 3.25. The Bertz CT molecular complexity index is 793. The lowest BCUT2D eigenvalue weighted by Crippen LogP contribution is -2.45. The molecule has 1 aliphatic carbocycles. The maximum atomic E-state index is 9.66. The van der Waals surface area contributed by atoms with Gasteiger partial charge in [-0.15, -0.1) is 24.0 Å². The van der Waals surface area contributed by atoms with Gasteiger partial charge in [0.15, 0.2) is 5.96 Å². The molecule has 7 nitrogen and oxygen atoms in total. The lowest BCUT2D eigenvalue weighted by Gasteiger charge is -2.27. The van der Waals surface area contributed by atoms with E-state index in [4.69, 9.17) is 9.47 Å². The van der Waals surface area contributed by atoms with Crippen molar-refractivity contribution >= 4 is 29.9 Å². The quantitative estimate of drug-likeness (QED) is 0.289. The molecule has 0 unspecified atom stereocenters. The number of hydrogen-bond donors (Lipinski definition) is 3. The second kappa shape index (κ2) is 12.6. The first-order valence-electron chi connectivity index (χ1n) is 10.2. The van der Waals surface area contributed by atoms with Crippen molar-refractivity contribution in [2.45, 2.75) is 51.3 Å². The van der Waals surface area contributed by atoms with Crippen LogP contribution in [0.5, 0.6) is 17.4 Å². The summed E-state index contributed by atoms with van der Waals surface area (Å²) in [6.45, 7) is 3.37. The minimum Gasteiger partial charge on any atom is -0.497 e. The first-order chi connectivity index (χ1) is 14.2. The number of aromatic nitrogens is 1. The number of nitrogens with zero attached hydrogens (tertiary/aromatic N) is 2. The van der Waals surface area contributed by atoms with E-state index in [1.165, 1.54) is 0 Å². The molecule has 3 rings (SSSR count). The second-order valence-electron chi connectivity index (χ2n) is 7.13. The number of ether oxygens (including phenoxy) is 2. The van der Waals surface area contributed by atoms with E-state index in [-0.39, 0.29) is 30.1 Å². The minimum atomic E-state index is -0.156. The Hall–Kier alpha value is -2.07. The van der Waals surface area contributed by atoms with Crippen LogP contribution < -0.4 is 20.1 Å². The van der Waals surface area contributed by atoms with Gasteiger partial charge in [-0.2, -0.15) is 0 Å². The summed E-state index contributed by atoms with van der Waals surface area (Å²) in [6.07, 6.45) is 5.23.